The Hall–Kier alpha value is -1.87. The molecule has 1 heterocycles. The Labute approximate surface area is 134 Å². The van der Waals surface area contributed by atoms with Gasteiger partial charge in [0.2, 0.25) is 0 Å². The zero-order valence-corrected chi connectivity index (χ0v) is 14.0. The van der Waals surface area contributed by atoms with Gasteiger partial charge in [0.15, 0.2) is 0 Å². The number of hydrogen-bond donors (Lipinski definition) is 0. The molecule has 118 valence electrons. The highest BCUT2D eigenvalue weighted by Gasteiger charge is 2.14. The molecule has 3 heteroatoms. The van der Waals surface area contributed by atoms with Crippen molar-refractivity contribution in [1.82, 2.24) is 9.88 Å². The molecule has 0 saturated heterocycles. The van der Waals surface area contributed by atoms with Gasteiger partial charge in [-0.3, -0.25) is 9.88 Å². The van der Waals surface area contributed by atoms with E-state index in [4.69, 9.17) is 4.74 Å². The minimum absolute atomic E-state index is 0.508. The molecule has 0 spiro atoms. The van der Waals surface area contributed by atoms with Crippen LogP contribution < -0.4 is 4.74 Å². The van der Waals surface area contributed by atoms with Crippen molar-refractivity contribution < 1.29 is 4.74 Å². The van der Waals surface area contributed by atoms with Crippen LogP contribution in [0.15, 0.2) is 48.8 Å². The van der Waals surface area contributed by atoms with Crippen LogP contribution in [0.4, 0.5) is 0 Å². The fourth-order valence-corrected chi connectivity index (χ4v) is 2.41. The third-order valence-electron chi connectivity index (χ3n) is 3.54. The van der Waals surface area contributed by atoms with Crippen LogP contribution in [0.25, 0.3) is 0 Å². The standard InChI is InChI=1S/C19H26N2O/c1-15(2)13-21(16(3)4)14-17-8-5-6-10-19(17)22-18-9-7-11-20-12-18/h5-12,15-16H,13-14H2,1-4H3. The summed E-state index contributed by atoms with van der Waals surface area (Å²) in [6.45, 7) is 11.0. The van der Waals surface area contributed by atoms with Crippen LogP contribution in [-0.2, 0) is 6.54 Å². The summed E-state index contributed by atoms with van der Waals surface area (Å²) in [7, 11) is 0. The van der Waals surface area contributed by atoms with Crippen LogP contribution in [0, 0.1) is 5.92 Å². The van der Waals surface area contributed by atoms with Gasteiger partial charge in [-0.25, -0.2) is 0 Å². The molecule has 2 aromatic rings. The Morgan fingerprint density at radius 1 is 1.05 bits per heavy atom. The van der Waals surface area contributed by atoms with Crippen molar-refractivity contribution in [2.75, 3.05) is 6.54 Å². The summed E-state index contributed by atoms with van der Waals surface area (Å²) in [5, 5.41) is 0. The molecule has 3 nitrogen and oxygen atoms in total. The van der Waals surface area contributed by atoms with Crippen molar-refractivity contribution in [1.29, 1.82) is 0 Å². The van der Waals surface area contributed by atoms with Gasteiger partial charge >= 0.3 is 0 Å². The molecule has 0 aliphatic heterocycles. The van der Waals surface area contributed by atoms with E-state index in [0.29, 0.717) is 12.0 Å². The van der Waals surface area contributed by atoms with E-state index < -0.39 is 0 Å². The number of hydrogen-bond acceptors (Lipinski definition) is 3. The molecule has 1 aromatic carbocycles. The molecule has 0 amide bonds. The zero-order valence-electron chi connectivity index (χ0n) is 14.0. The Morgan fingerprint density at radius 2 is 1.82 bits per heavy atom. The lowest BCUT2D eigenvalue weighted by atomic mass is 10.1. The molecule has 0 aliphatic rings. The van der Waals surface area contributed by atoms with Gasteiger partial charge in [0.1, 0.15) is 11.5 Å². The van der Waals surface area contributed by atoms with Gasteiger partial charge in [-0.2, -0.15) is 0 Å². The average molecular weight is 298 g/mol. The van der Waals surface area contributed by atoms with E-state index >= 15 is 0 Å². The van der Waals surface area contributed by atoms with Crippen molar-refractivity contribution in [3.05, 3.63) is 54.4 Å². The van der Waals surface area contributed by atoms with E-state index in [0.717, 1.165) is 24.6 Å². The first-order chi connectivity index (χ1) is 10.6. The van der Waals surface area contributed by atoms with Gasteiger partial charge in [0, 0.05) is 30.9 Å². The van der Waals surface area contributed by atoms with Gasteiger partial charge < -0.3 is 4.74 Å². The molecule has 0 bridgehead atoms. The van der Waals surface area contributed by atoms with Gasteiger partial charge in [-0.15, -0.1) is 0 Å². The molecule has 2 rings (SSSR count). The third kappa shape index (κ3) is 4.85. The molecule has 0 N–H and O–H groups in total. The summed E-state index contributed by atoms with van der Waals surface area (Å²) in [4.78, 5) is 6.59. The van der Waals surface area contributed by atoms with Crippen LogP contribution in [0.1, 0.15) is 33.3 Å². The average Bonchev–Trinajstić information content (AvgIpc) is 2.49. The van der Waals surface area contributed by atoms with E-state index in [1.54, 1.807) is 12.4 Å². The molecule has 22 heavy (non-hydrogen) atoms. The fraction of sp³-hybridized carbons (Fsp3) is 0.421. The second kappa shape index (κ2) is 7.95. The van der Waals surface area contributed by atoms with E-state index in [9.17, 15) is 0 Å². The Kier molecular flexibility index (Phi) is 5.96. The lowest BCUT2D eigenvalue weighted by Gasteiger charge is -2.29. The molecule has 1 aromatic heterocycles. The van der Waals surface area contributed by atoms with E-state index in [1.807, 2.05) is 24.3 Å². The Balaban J connectivity index is 2.16. The number of nitrogens with zero attached hydrogens (tertiary/aromatic N) is 2. The summed E-state index contributed by atoms with van der Waals surface area (Å²) >= 11 is 0. The van der Waals surface area contributed by atoms with Crippen molar-refractivity contribution in [3.63, 3.8) is 0 Å². The maximum Gasteiger partial charge on any atom is 0.145 e. The third-order valence-corrected chi connectivity index (χ3v) is 3.54. The molecular weight excluding hydrogens is 272 g/mol. The number of ether oxygens (including phenoxy) is 1. The smallest absolute Gasteiger partial charge is 0.145 e. The summed E-state index contributed by atoms with van der Waals surface area (Å²) in [6, 6.07) is 12.6. The lowest BCUT2D eigenvalue weighted by Crippen LogP contribution is -2.33. The van der Waals surface area contributed by atoms with Crippen molar-refractivity contribution >= 4 is 0 Å². The Morgan fingerprint density at radius 3 is 2.45 bits per heavy atom. The quantitative estimate of drug-likeness (QED) is 0.738. The minimum atomic E-state index is 0.508. The van der Waals surface area contributed by atoms with E-state index in [2.05, 4.69) is 49.7 Å². The topological polar surface area (TPSA) is 25.4 Å². The first-order valence-electron chi connectivity index (χ1n) is 7.96. The van der Waals surface area contributed by atoms with Gasteiger partial charge in [0.05, 0.1) is 6.20 Å². The summed E-state index contributed by atoms with van der Waals surface area (Å²) in [5.74, 6) is 2.33. The van der Waals surface area contributed by atoms with Crippen molar-refractivity contribution in [2.24, 2.45) is 5.92 Å². The largest absolute Gasteiger partial charge is 0.455 e. The maximum absolute atomic E-state index is 6.01. The normalized spacial score (nSPS) is 11.4. The number of aromatic nitrogens is 1. The molecule has 0 unspecified atom stereocenters. The highest BCUT2D eigenvalue weighted by atomic mass is 16.5. The first kappa shape index (κ1) is 16.5. The second-order valence-electron chi connectivity index (χ2n) is 6.32. The number of para-hydroxylation sites is 1. The predicted molar refractivity (Wildman–Crippen MR) is 91.1 cm³/mol. The van der Waals surface area contributed by atoms with Crippen LogP contribution in [0.2, 0.25) is 0 Å². The highest BCUT2D eigenvalue weighted by molar-refractivity contribution is 5.37. The highest BCUT2D eigenvalue weighted by Crippen LogP contribution is 2.26. The minimum Gasteiger partial charge on any atom is -0.455 e. The summed E-state index contributed by atoms with van der Waals surface area (Å²) in [6.07, 6.45) is 3.49. The number of rotatable bonds is 7. The van der Waals surface area contributed by atoms with Crippen LogP contribution in [0.5, 0.6) is 11.5 Å². The van der Waals surface area contributed by atoms with Crippen molar-refractivity contribution in [3.8, 4) is 11.5 Å². The second-order valence-corrected chi connectivity index (χ2v) is 6.32. The van der Waals surface area contributed by atoms with Gasteiger partial charge in [0.25, 0.3) is 0 Å². The van der Waals surface area contributed by atoms with Crippen LogP contribution in [0.3, 0.4) is 0 Å². The van der Waals surface area contributed by atoms with E-state index in [1.165, 1.54) is 5.56 Å². The van der Waals surface area contributed by atoms with Crippen LogP contribution in [-0.4, -0.2) is 22.5 Å². The molecular formula is C19H26N2O. The van der Waals surface area contributed by atoms with Gasteiger partial charge in [-0.05, 0) is 38.0 Å². The molecule has 0 saturated carbocycles. The first-order valence-corrected chi connectivity index (χ1v) is 7.96. The number of benzene rings is 1. The SMILES string of the molecule is CC(C)CN(Cc1ccccc1Oc1cccnc1)C(C)C. The summed E-state index contributed by atoms with van der Waals surface area (Å²) in [5.41, 5.74) is 1.21. The number of pyridine rings is 1. The molecule has 0 atom stereocenters. The maximum atomic E-state index is 6.01. The van der Waals surface area contributed by atoms with Crippen LogP contribution >= 0.6 is 0 Å². The summed E-state index contributed by atoms with van der Waals surface area (Å²) < 4.78 is 6.01. The predicted octanol–water partition coefficient (Wildman–Crippen LogP) is 4.74. The monoisotopic (exact) mass is 298 g/mol. The van der Waals surface area contributed by atoms with Gasteiger partial charge in [-0.1, -0.05) is 32.0 Å². The molecule has 0 radical (unpaired) electrons. The Bertz CT molecular complexity index is 567. The molecule has 0 aliphatic carbocycles. The molecule has 0 fully saturated rings. The van der Waals surface area contributed by atoms with Crippen molar-refractivity contribution in [2.45, 2.75) is 40.3 Å². The lowest BCUT2D eigenvalue weighted by molar-refractivity contribution is 0.187. The fourth-order valence-electron chi connectivity index (χ4n) is 2.41. The zero-order chi connectivity index (χ0) is 15.9. The van der Waals surface area contributed by atoms with E-state index in [-0.39, 0.29) is 0 Å².